The molecule has 1 aromatic heterocycles. The van der Waals surface area contributed by atoms with E-state index in [1.165, 1.54) is 25.1 Å². The Bertz CT molecular complexity index is 393. The summed E-state index contributed by atoms with van der Waals surface area (Å²) in [6.45, 7) is 0.735. The Morgan fingerprint density at radius 2 is 2.44 bits per heavy atom. The second kappa shape index (κ2) is 4.47. The molecule has 1 fully saturated rings. The molecule has 0 aliphatic heterocycles. The molecule has 1 aromatic rings. The van der Waals surface area contributed by atoms with Gasteiger partial charge in [-0.1, -0.05) is 0 Å². The topological polar surface area (TPSA) is 45.2 Å². The van der Waals surface area contributed by atoms with Crippen LogP contribution in [0.2, 0.25) is 0 Å². The van der Waals surface area contributed by atoms with E-state index in [1.54, 1.807) is 11.9 Å². The van der Waals surface area contributed by atoms with Gasteiger partial charge in [-0.2, -0.15) is 0 Å². The van der Waals surface area contributed by atoms with Gasteiger partial charge in [-0.15, -0.1) is 0 Å². The highest BCUT2D eigenvalue weighted by atomic mass is 19.1. The number of carbonyl (C=O) groups is 1. The summed E-state index contributed by atoms with van der Waals surface area (Å²) in [5, 5.41) is 2.52. The van der Waals surface area contributed by atoms with E-state index in [4.69, 9.17) is 0 Å². The van der Waals surface area contributed by atoms with Crippen molar-refractivity contribution in [1.82, 2.24) is 9.88 Å². The molecular formula is C11H14FN3O. The molecule has 0 unspecified atom stereocenters. The summed E-state index contributed by atoms with van der Waals surface area (Å²) < 4.78 is 13.2. The van der Waals surface area contributed by atoms with Crippen molar-refractivity contribution in [3.63, 3.8) is 0 Å². The third-order valence-electron chi connectivity index (χ3n) is 2.59. The molecule has 86 valence electrons. The Morgan fingerprint density at radius 1 is 1.69 bits per heavy atom. The molecule has 16 heavy (non-hydrogen) atoms. The smallest absolute Gasteiger partial charge is 0.321 e. The van der Waals surface area contributed by atoms with Crippen LogP contribution in [-0.2, 0) is 0 Å². The van der Waals surface area contributed by atoms with Gasteiger partial charge in [-0.3, -0.25) is 4.98 Å². The largest absolute Gasteiger partial charge is 0.327 e. The number of aromatic nitrogens is 1. The lowest BCUT2D eigenvalue weighted by atomic mass is 10.4. The van der Waals surface area contributed by atoms with E-state index in [9.17, 15) is 9.18 Å². The number of anilines is 1. The molecule has 1 aliphatic carbocycles. The van der Waals surface area contributed by atoms with Crippen molar-refractivity contribution in [3.8, 4) is 0 Å². The van der Waals surface area contributed by atoms with Crippen molar-refractivity contribution in [1.29, 1.82) is 0 Å². The molecule has 0 spiro atoms. The second-order valence-electron chi connectivity index (χ2n) is 4.11. The molecular weight excluding hydrogens is 209 g/mol. The van der Waals surface area contributed by atoms with Crippen molar-refractivity contribution in [2.24, 2.45) is 5.92 Å². The fraction of sp³-hybridized carbons (Fsp3) is 0.455. The zero-order chi connectivity index (χ0) is 11.5. The third kappa shape index (κ3) is 2.68. The number of rotatable bonds is 3. The molecule has 1 N–H and O–H groups in total. The van der Waals surface area contributed by atoms with E-state index >= 15 is 0 Å². The van der Waals surface area contributed by atoms with Crippen molar-refractivity contribution < 1.29 is 9.18 Å². The fourth-order valence-corrected chi connectivity index (χ4v) is 1.46. The van der Waals surface area contributed by atoms with Crippen LogP contribution in [-0.4, -0.2) is 29.5 Å². The van der Waals surface area contributed by atoms with Crippen LogP contribution in [0.1, 0.15) is 12.8 Å². The standard InChI is InChI=1S/C11H14FN3O/c1-15(7-8-2-3-8)11(16)14-10-4-5-13-6-9(10)12/h4-6,8H,2-3,7H2,1H3,(H,13,14,16). The number of hydrogen-bond donors (Lipinski definition) is 1. The molecule has 5 heteroatoms. The normalized spacial score (nSPS) is 14.6. The Hall–Kier alpha value is -1.65. The van der Waals surface area contributed by atoms with Crippen molar-refractivity contribution in [3.05, 3.63) is 24.3 Å². The summed E-state index contributed by atoms with van der Waals surface area (Å²) in [5.41, 5.74) is 0.169. The highest BCUT2D eigenvalue weighted by Gasteiger charge is 2.24. The highest BCUT2D eigenvalue weighted by molar-refractivity contribution is 5.89. The maximum absolute atomic E-state index is 13.2. The quantitative estimate of drug-likeness (QED) is 0.852. The minimum absolute atomic E-state index is 0.169. The number of amides is 2. The number of hydrogen-bond acceptors (Lipinski definition) is 2. The third-order valence-corrected chi connectivity index (χ3v) is 2.59. The Morgan fingerprint density at radius 3 is 3.06 bits per heavy atom. The first kappa shape index (κ1) is 10.9. The van der Waals surface area contributed by atoms with Crippen LogP contribution < -0.4 is 5.32 Å². The maximum Gasteiger partial charge on any atom is 0.321 e. The molecule has 4 nitrogen and oxygen atoms in total. The minimum Gasteiger partial charge on any atom is -0.327 e. The summed E-state index contributed by atoms with van der Waals surface area (Å²) in [7, 11) is 1.72. The fourth-order valence-electron chi connectivity index (χ4n) is 1.46. The number of halogens is 1. The monoisotopic (exact) mass is 223 g/mol. The molecule has 1 saturated carbocycles. The van der Waals surface area contributed by atoms with Gasteiger partial charge in [0.25, 0.3) is 0 Å². The summed E-state index contributed by atoms with van der Waals surface area (Å²) in [4.78, 5) is 16.9. The van der Waals surface area contributed by atoms with Gasteiger partial charge >= 0.3 is 6.03 Å². The summed E-state index contributed by atoms with van der Waals surface area (Å²) in [6, 6.07) is 1.16. The Kier molecular flexibility index (Phi) is 3.03. The SMILES string of the molecule is CN(CC1CC1)C(=O)Nc1ccncc1F. The van der Waals surface area contributed by atoms with E-state index in [0.717, 1.165) is 12.7 Å². The molecule has 1 aliphatic rings. The first-order valence-corrected chi connectivity index (χ1v) is 5.28. The van der Waals surface area contributed by atoms with Crippen LogP contribution in [0, 0.1) is 11.7 Å². The predicted molar refractivity (Wildman–Crippen MR) is 58.6 cm³/mol. The number of carbonyl (C=O) groups excluding carboxylic acids is 1. The summed E-state index contributed by atoms with van der Waals surface area (Å²) in [5.74, 6) is 0.105. The molecule has 0 aromatic carbocycles. The molecule has 0 bridgehead atoms. The molecule has 0 saturated heterocycles. The van der Waals surface area contributed by atoms with Gasteiger partial charge in [0.2, 0.25) is 0 Å². The van der Waals surface area contributed by atoms with Crippen LogP contribution >= 0.6 is 0 Å². The van der Waals surface area contributed by atoms with Gasteiger partial charge < -0.3 is 10.2 Å². The Balaban J connectivity index is 1.93. The summed E-state index contributed by atoms with van der Waals surface area (Å²) >= 11 is 0. The van der Waals surface area contributed by atoms with E-state index in [0.29, 0.717) is 5.92 Å². The van der Waals surface area contributed by atoms with Crippen molar-refractivity contribution >= 4 is 11.7 Å². The lowest BCUT2D eigenvalue weighted by Crippen LogP contribution is -2.33. The van der Waals surface area contributed by atoms with Crippen LogP contribution in [0.5, 0.6) is 0 Å². The average Bonchev–Trinajstić information content (AvgIpc) is 3.05. The van der Waals surface area contributed by atoms with Crippen molar-refractivity contribution in [2.45, 2.75) is 12.8 Å². The van der Waals surface area contributed by atoms with E-state index in [1.807, 2.05) is 0 Å². The van der Waals surface area contributed by atoms with Gasteiger partial charge in [0.15, 0.2) is 5.82 Å². The van der Waals surface area contributed by atoms with Gasteiger partial charge in [-0.05, 0) is 24.8 Å². The van der Waals surface area contributed by atoms with Gasteiger partial charge in [0.1, 0.15) is 0 Å². The molecule has 2 rings (SSSR count). The van der Waals surface area contributed by atoms with Crippen LogP contribution in [0.3, 0.4) is 0 Å². The second-order valence-corrected chi connectivity index (χ2v) is 4.11. The zero-order valence-electron chi connectivity index (χ0n) is 9.11. The molecule has 0 radical (unpaired) electrons. The molecule has 1 heterocycles. The first-order valence-electron chi connectivity index (χ1n) is 5.28. The van der Waals surface area contributed by atoms with E-state index in [-0.39, 0.29) is 11.7 Å². The first-order chi connectivity index (χ1) is 7.66. The van der Waals surface area contributed by atoms with E-state index in [2.05, 4.69) is 10.3 Å². The zero-order valence-corrected chi connectivity index (χ0v) is 9.11. The molecule has 2 amide bonds. The van der Waals surface area contributed by atoms with Crippen molar-refractivity contribution in [2.75, 3.05) is 18.9 Å². The van der Waals surface area contributed by atoms with Crippen LogP contribution in [0.15, 0.2) is 18.5 Å². The minimum atomic E-state index is -0.518. The predicted octanol–water partition coefficient (Wildman–Crippen LogP) is 2.09. The number of urea groups is 1. The van der Waals surface area contributed by atoms with Crippen LogP contribution in [0.25, 0.3) is 0 Å². The number of nitrogens with one attached hydrogen (secondary N) is 1. The van der Waals surface area contributed by atoms with E-state index < -0.39 is 5.82 Å². The highest BCUT2D eigenvalue weighted by Crippen LogP contribution is 2.29. The maximum atomic E-state index is 13.2. The molecule has 0 atom stereocenters. The van der Waals surface area contributed by atoms with Gasteiger partial charge in [0, 0.05) is 19.8 Å². The summed E-state index contributed by atoms with van der Waals surface area (Å²) in [6.07, 6.45) is 4.89. The van der Waals surface area contributed by atoms with Gasteiger partial charge in [-0.25, -0.2) is 9.18 Å². The Labute approximate surface area is 93.5 Å². The lowest BCUT2D eigenvalue weighted by molar-refractivity contribution is 0.220. The average molecular weight is 223 g/mol. The number of nitrogens with zero attached hydrogens (tertiary/aromatic N) is 2. The lowest BCUT2D eigenvalue weighted by Gasteiger charge is -2.17. The van der Waals surface area contributed by atoms with Crippen LogP contribution in [0.4, 0.5) is 14.9 Å². The van der Waals surface area contributed by atoms with Gasteiger partial charge in [0.05, 0.1) is 11.9 Å². The number of pyridine rings is 1.